The van der Waals surface area contributed by atoms with Crippen LogP contribution in [0.1, 0.15) is 21.7 Å². The molecule has 1 aromatic heterocycles. The molecule has 2 aromatic rings. The summed E-state index contributed by atoms with van der Waals surface area (Å²) in [6, 6.07) is 5.73. The van der Waals surface area contributed by atoms with Crippen molar-refractivity contribution in [1.29, 1.82) is 0 Å². The Kier molecular flexibility index (Phi) is 3.04. The fourth-order valence-electron chi connectivity index (χ4n) is 1.61. The number of carbonyl (C=O) groups excluding carboxylic acids is 1. The molecule has 4 heteroatoms. The molecule has 2 rings (SSSR count). The second kappa shape index (κ2) is 4.49. The van der Waals surface area contributed by atoms with E-state index in [1.807, 2.05) is 13.8 Å². The molecular formula is C13H13FN2O. The van der Waals surface area contributed by atoms with Crippen LogP contribution in [0.25, 0.3) is 0 Å². The van der Waals surface area contributed by atoms with Crippen molar-refractivity contribution in [2.45, 2.75) is 20.4 Å². The quantitative estimate of drug-likeness (QED) is 0.762. The first kappa shape index (κ1) is 11.5. The van der Waals surface area contributed by atoms with Crippen molar-refractivity contribution in [3.05, 3.63) is 53.4 Å². The number of benzene rings is 1. The molecule has 0 radical (unpaired) electrons. The smallest absolute Gasteiger partial charge is 0.182 e. The highest BCUT2D eigenvalue weighted by molar-refractivity contribution is 5.95. The predicted octanol–water partition coefficient (Wildman–Crippen LogP) is 2.52. The highest BCUT2D eigenvalue weighted by atomic mass is 19.1. The first-order chi connectivity index (χ1) is 8.08. The van der Waals surface area contributed by atoms with E-state index in [-0.39, 0.29) is 12.3 Å². The van der Waals surface area contributed by atoms with Gasteiger partial charge in [0.1, 0.15) is 5.82 Å². The number of nitrogens with zero attached hydrogens (tertiary/aromatic N) is 2. The molecule has 0 bridgehead atoms. The van der Waals surface area contributed by atoms with E-state index < -0.39 is 5.82 Å². The van der Waals surface area contributed by atoms with Crippen molar-refractivity contribution in [2.75, 3.05) is 0 Å². The normalized spacial score (nSPS) is 10.5. The molecule has 17 heavy (non-hydrogen) atoms. The van der Waals surface area contributed by atoms with Crippen LogP contribution in [0, 0.1) is 19.7 Å². The van der Waals surface area contributed by atoms with Crippen LogP contribution >= 0.6 is 0 Å². The third-order valence-corrected chi connectivity index (χ3v) is 2.81. The number of hydrogen-bond acceptors (Lipinski definition) is 2. The Hall–Kier alpha value is -1.97. The standard InChI is InChI=1S/C13H13FN2O/c1-9-10(2)16(8-15-9)7-13(17)11-4-3-5-12(14)6-11/h3-6,8H,7H2,1-2H3. The first-order valence-electron chi connectivity index (χ1n) is 5.35. The first-order valence-corrected chi connectivity index (χ1v) is 5.35. The van der Waals surface area contributed by atoms with E-state index in [9.17, 15) is 9.18 Å². The molecule has 0 N–H and O–H groups in total. The number of aromatic nitrogens is 2. The lowest BCUT2D eigenvalue weighted by molar-refractivity contribution is 0.0971. The summed E-state index contributed by atoms with van der Waals surface area (Å²) in [7, 11) is 0. The number of Topliss-reactive ketones (excluding diaryl/α,β-unsaturated/α-hetero) is 1. The van der Waals surface area contributed by atoms with Gasteiger partial charge in [0.25, 0.3) is 0 Å². The summed E-state index contributed by atoms with van der Waals surface area (Å²) in [6.45, 7) is 3.98. The third-order valence-electron chi connectivity index (χ3n) is 2.81. The lowest BCUT2D eigenvalue weighted by Gasteiger charge is -2.05. The summed E-state index contributed by atoms with van der Waals surface area (Å²) in [5.74, 6) is -0.514. The molecule has 0 aliphatic heterocycles. The van der Waals surface area contributed by atoms with Gasteiger partial charge in [-0.2, -0.15) is 0 Å². The lowest BCUT2D eigenvalue weighted by Crippen LogP contribution is -2.11. The van der Waals surface area contributed by atoms with Crippen molar-refractivity contribution >= 4 is 5.78 Å². The van der Waals surface area contributed by atoms with Crippen LogP contribution in [0.15, 0.2) is 30.6 Å². The number of halogens is 1. The van der Waals surface area contributed by atoms with Crippen LogP contribution in [0.3, 0.4) is 0 Å². The zero-order valence-corrected chi connectivity index (χ0v) is 9.77. The minimum absolute atomic E-state index is 0.120. The number of imidazole rings is 1. The van der Waals surface area contributed by atoms with Crippen molar-refractivity contribution in [3.63, 3.8) is 0 Å². The predicted molar refractivity (Wildman–Crippen MR) is 62.4 cm³/mol. The summed E-state index contributed by atoms with van der Waals surface area (Å²) < 4.78 is 14.7. The van der Waals surface area contributed by atoms with Crippen LogP contribution in [0.4, 0.5) is 4.39 Å². The molecule has 0 unspecified atom stereocenters. The minimum Gasteiger partial charge on any atom is -0.327 e. The van der Waals surface area contributed by atoms with E-state index in [1.54, 1.807) is 17.0 Å². The monoisotopic (exact) mass is 232 g/mol. The zero-order valence-electron chi connectivity index (χ0n) is 9.77. The Morgan fingerprint density at radius 3 is 2.76 bits per heavy atom. The second-order valence-electron chi connectivity index (χ2n) is 3.98. The summed E-state index contributed by atoms with van der Waals surface area (Å²) in [6.07, 6.45) is 1.63. The van der Waals surface area contributed by atoms with E-state index in [4.69, 9.17) is 0 Å². The van der Waals surface area contributed by atoms with Gasteiger partial charge in [-0.3, -0.25) is 4.79 Å². The average molecular weight is 232 g/mol. The number of ketones is 1. The number of aryl methyl sites for hydroxylation is 1. The summed E-state index contributed by atoms with van der Waals surface area (Å²) in [5, 5.41) is 0. The zero-order chi connectivity index (χ0) is 12.4. The van der Waals surface area contributed by atoms with Crippen molar-refractivity contribution < 1.29 is 9.18 Å². The van der Waals surface area contributed by atoms with Gasteiger partial charge in [-0.1, -0.05) is 12.1 Å². The largest absolute Gasteiger partial charge is 0.327 e. The summed E-state index contributed by atoms with van der Waals surface area (Å²) >= 11 is 0. The molecule has 0 saturated carbocycles. The Balaban J connectivity index is 2.20. The van der Waals surface area contributed by atoms with Gasteiger partial charge in [0.2, 0.25) is 0 Å². The van der Waals surface area contributed by atoms with Gasteiger partial charge in [-0.25, -0.2) is 9.37 Å². The van der Waals surface area contributed by atoms with Gasteiger partial charge < -0.3 is 4.57 Å². The van der Waals surface area contributed by atoms with Crippen LogP contribution < -0.4 is 0 Å². The Morgan fingerprint density at radius 2 is 2.18 bits per heavy atom. The Morgan fingerprint density at radius 1 is 1.41 bits per heavy atom. The highest BCUT2D eigenvalue weighted by Gasteiger charge is 2.10. The molecule has 0 saturated heterocycles. The van der Waals surface area contributed by atoms with Crippen molar-refractivity contribution in [2.24, 2.45) is 0 Å². The highest BCUT2D eigenvalue weighted by Crippen LogP contribution is 2.09. The summed E-state index contributed by atoms with van der Waals surface area (Å²) in [5.41, 5.74) is 2.24. The number of carbonyl (C=O) groups is 1. The Labute approximate surface area is 98.9 Å². The minimum atomic E-state index is -0.394. The maximum Gasteiger partial charge on any atom is 0.182 e. The summed E-state index contributed by atoms with van der Waals surface area (Å²) in [4.78, 5) is 16.0. The molecule has 0 atom stereocenters. The molecule has 0 aliphatic rings. The van der Waals surface area contributed by atoms with E-state index in [1.165, 1.54) is 18.2 Å². The van der Waals surface area contributed by atoms with Gasteiger partial charge >= 0.3 is 0 Å². The maximum absolute atomic E-state index is 13.0. The average Bonchev–Trinajstić information content (AvgIpc) is 2.61. The number of hydrogen-bond donors (Lipinski definition) is 0. The molecule has 88 valence electrons. The molecule has 3 nitrogen and oxygen atoms in total. The molecule has 0 amide bonds. The Bertz CT molecular complexity index is 560. The van der Waals surface area contributed by atoms with E-state index in [0.717, 1.165) is 11.4 Å². The fraction of sp³-hybridized carbons (Fsp3) is 0.231. The van der Waals surface area contributed by atoms with Crippen molar-refractivity contribution in [3.8, 4) is 0 Å². The van der Waals surface area contributed by atoms with E-state index >= 15 is 0 Å². The van der Waals surface area contributed by atoms with Crippen molar-refractivity contribution in [1.82, 2.24) is 9.55 Å². The van der Waals surface area contributed by atoms with Gasteiger partial charge in [0.05, 0.1) is 18.6 Å². The topological polar surface area (TPSA) is 34.9 Å². The van der Waals surface area contributed by atoms with E-state index in [2.05, 4.69) is 4.98 Å². The second-order valence-corrected chi connectivity index (χ2v) is 3.98. The molecule has 0 aliphatic carbocycles. The molecule has 0 fully saturated rings. The van der Waals surface area contributed by atoms with Crippen LogP contribution in [-0.4, -0.2) is 15.3 Å². The molecule has 1 heterocycles. The molecular weight excluding hydrogens is 219 g/mol. The van der Waals surface area contributed by atoms with Crippen LogP contribution in [0.5, 0.6) is 0 Å². The van der Waals surface area contributed by atoms with Crippen LogP contribution in [0.2, 0.25) is 0 Å². The van der Waals surface area contributed by atoms with E-state index in [0.29, 0.717) is 5.56 Å². The third kappa shape index (κ3) is 2.41. The fourth-order valence-corrected chi connectivity index (χ4v) is 1.61. The molecule has 0 spiro atoms. The van der Waals surface area contributed by atoms with Crippen LogP contribution in [-0.2, 0) is 6.54 Å². The lowest BCUT2D eigenvalue weighted by atomic mass is 10.1. The van der Waals surface area contributed by atoms with Gasteiger partial charge in [0.15, 0.2) is 5.78 Å². The number of rotatable bonds is 3. The SMILES string of the molecule is Cc1ncn(CC(=O)c2cccc(F)c2)c1C. The van der Waals surface area contributed by atoms with Gasteiger partial charge in [-0.15, -0.1) is 0 Å². The van der Waals surface area contributed by atoms with Gasteiger partial charge in [-0.05, 0) is 26.0 Å². The van der Waals surface area contributed by atoms with Gasteiger partial charge in [0, 0.05) is 11.3 Å². The maximum atomic E-state index is 13.0. The molecule has 1 aromatic carbocycles.